The number of rotatable bonds is 4. The Labute approximate surface area is 83.1 Å². The smallest absolute Gasteiger partial charge is 0.319 e. The molecule has 1 aromatic heterocycles. The average molecular weight is 197 g/mol. The van der Waals surface area contributed by atoms with Crippen molar-refractivity contribution in [2.24, 2.45) is 7.05 Å². The van der Waals surface area contributed by atoms with Crippen molar-refractivity contribution in [3.8, 4) is 0 Å². The molecular weight excluding hydrogens is 182 g/mol. The second-order valence-corrected chi connectivity index (χ2v) is 3.08. The molecule has 0 bridgehead atoms. The maximum atomic E-state index is 10.9. The Morgan fingerprint density at radius 2 is 2.50 bits per heavy atom. The van der Waals surface area contributed by atoms with E-state index in [-0.39, 0.29) is 18.6 Å². The molecule has 0 aromatic carbocycles. The van der Waals surface area contributed by atoms with Crippen molar-refractivity contribution in [2.45, 2.75) is 13.0 Å². The van der Waals surface area contributed by atoms with Gasteiger partial charge in [-0.15, -0.1) is 0 Å². The van der Waals surface area contributed by atoms with Crippen LogP contribution in [0.3, 0.4) is 0 Å². The molecule has 1 rings (SSSR count). The first-order valence-electron chi connectivity index (χ1n) is 4.42. The summed E-state index contributed by atoms with van der Waals surface area (Å²) in [4.78, 5) is 15.0. The third kappa shape index (κ3) is 2.56. The standard InChI is InChI=1S/C9H15N3O2/c1-7(11-6-8(13)14-3)9-10-4-5-12(9)2/h4-5,7,11H,6H2,1-3H3. The second-order valence-electron chi connectivity index (χ2n) is 3.08. The number of esters is 1. The molecule has 1 atom stereocenters. The Morgan fingerprint density at radius 3 is 3.00 bits per heavy atom. The van der Waals surface area contributed by atoms with Gasteiger partial charge in [0.15, 0.2) is 0 Å². The molecule has 5 heteroatoms. The number of nitrogens with one attached hydrogen (secondary N) is 1. The summed E-state index contributed by atoms with van der Waals surface area (Å²) < 4.78 is 6.43. The van der Waals surface area contributed by atoms with Crippen molar-refractivity contribution in [1.82, 2.24) is 14.9 Å². The van der Waals surface area contributed by atoms with Gasteiger partial charge >= 0.3 is 5.97 Å². The number of hydrogen-bond acceptors (Lipinski definition) is 4. The van der Waals surface area contributed by atoms with Crippen LogP contribution in [-0.2, 0) is 16.6 Å². The molecule has 0 radical (unpaired) electrons. The quantitative estimate of drug-likeness (QED) is 0.703. The number of carbonyl (C=O) groups excluding carboxylic acids is 1. The maximum Gasteiger partial charge on any atom is 0.319 e. The van der Waals surface area contributed by atoms with Crippen molar-refractivity contribution >= 4 is 5.97 Å². The highest BCUT2D eigenvalue weighted by atomic mass is 16.5. The van der Waals surface area contributed by atoms with Crippen molar-refractivity contribution in [3.05, 3.63) is 18.2 Å². The van der Waals surface area contributed by atoms with Crippen LogP contribution in [0.15, 0.2) is 12.4 Å². The van der Waals surface area contributed by atoms with E-state index in [0.717, 1.165) is 5.82 Å². The highest BCUT2D eigenvalue weighted by molar-refractivity contribution is 5.71. The Bertz CT molecular complexity index is 309. The van der Waals surface area contributed by atoms with Crippen LogP contribution in [0.5, 0.6) is 0 Å². The lowest BCUT2D eigenvalue weighted by molar-refractivity contribution is -0.139. The number of carbonyl (C=O) groups is 1. The van der Waals surface area contributed by atoms with E-state index in [4.69, 9.17) is 0 Å². The molecule has 1 aromatic rings. The van der Waals surface area contributed by atoms with Crippen molar-refractivity contribution < 1.29 is 9.53 Å². The summed E-state index contributed by atoms with van der Waals surface area (Å²) in [7, 11) is 3.29. The van der Waals surface area contributed by atoms with E-state index < -0.39 is 0 Å². The molecule has 0 amide bonds. The molecule has 0 saturated heterocycles. The van der Waals surface area contributed by atoms with Crippen LogP contribution in [0.25, 0.3) is 0 Å². The molecule has 0 aliphatic rings. The highest BCUT2D eigenvalue weighted by Crippen LogP contribution is 2.07. The number of aryl methyl sites for hydroxylation is 1. The fraction of sp³-hybridized carbons (Fsp3) is 0.556. The van der Waals surface area contributed by atoms with E-state index in [9.17, 15) is 4.79 Å². The number of aromatic nitrogens is 2. The van der Waals surface area contributed by atoms with Crippen LogP contribution in [-0.4, -0.2) is 29.2 Å². The number of ether oxygens (including phenoxy) is 1. The number of methoxy groups -OCH3 is 1. The second kappa shape index (κ2) is 4.76. The molecule has 0 aliphatic heterocycles. The number of hydrogen-bond donors (Lipinski definition) is 1. The first-order valence-corrected chi connectivity index (χ1v) is 4.42. The summed E-state index contributed by atoms with van der Waals surface area (Å²) in [6, 6.07) is 0.0362. The van der Waals surface area contributed by atoms with Gasteiger partial charge in [0.05, 0.1) is 19.7 Å². The van der Waals surface area contributed by atoms with Gasteiger partial charge in [0.2, 0.25) is 0 Å². The summed E-state index contributed by atoms with van der Waals surface area (Å²) in [5.41, 5.74) is 0. The molecule has 0 fully saturated rings. The third-order valence-corrected chi connectivity index (χ3v) is 2.03. The van der Waals surface area contributed by atoms with Gasteiger partial charge in [-0.3, -0.25) is 10.1 Å². The molecule has 1 heterocycles. The normalized spacial score (nSPS) is 12.5. The molecule has 78 valence electrons. The minimum Gasteiger partial charge on any atom is -0.468 e. The molecular formula is C9H15N3O2. The van der Waals surface area contributed by atoms with Crippen LogP contribution >= 0.6 is 0 Å². The summed E-state index contributed by atoms with van der Waals surface area (Å²) in [5, 5.41) is 3.02. The Hall–Kier alpha value is -1.36. The van der Waals surface area contributed by atoms with E-state index in [2.05, 4.69) is 15.0 Å². The minimum atomic E-state index is -0.272. The summed E-state index contributed by atoms with van der Waals surface area (Å²) in [6.45, 7) is 2.15. The first-order chi connectivity index (χ1) is 6.65. The lowest BCUT2D eigenvalue weighted by atomic mass is 10.3. The topological polar surface area (TPSA) is 56.1 Å². The fourth-order valence-electron chi connectivity index (χ4n) is 1.19. The molecule has 14 heavy (non-hydrogen) atoms. The van der Waals surface area contributed by atoms with Gasteiger partial charge in [-0.05, 0) is 6.92 Å². The molecule has 0 saturated carbocycles. The zero-order chi connectivity index (χ0) is 10.6. The van der Waals surface area contributed by atoms with Crippen molar-refractivity contribution in [2.75, 3.05) is 13.7 Å². The Morgan fingerprint density at radius 1 is 1.79 bits per heavy atom. The number of imidazole rings is 1. The third-order valence-electron chi connectivity index (χ3n) is 2.03. The van der Waals surface area contributed by atoms with Gasteiger partial charge in [-0.25, -0.2) is 4.98 Å². The van der Waals surface area contributed by atoms with Gasteiger partial charge in [-0.2, -0.15) is 0 Å². The summed E-state index contributed by atoms with van der Waals surface area (Å²) in [5.74, 6) is 0.625. The lowest BCUT2D eigenvalue weighted by Crippen LogP contribution is -2.28. The molecule has 1 unspecified atom stereocenters. The summed E-state index contributed by atoms with van der Waals surface area (Å²) in [6.07, 6.45) is 3.59. The summed E-state index contributed by atoms with van der Waals surface area (Å²) >= 11 is 0. The lowest BCUT2D eigenvalue weighted by Gasteiger charge is -2.12. The SMILES string of the molecule is COC(=O)CNC(C)c1nccn1C. The zero-order valence-electron chi connectivity index (χ0n) is 8.65. The van der Waals surface area contributed by atoms with Crippen molar-refractivity contribution in [1.29, 1.82) is 0 Å². The first kappa shape index (κ1) is 10.7. The van der Waals surface area contributed by atoms with Crippen LogP contribution in [0.2, 0.25) is 0 Å². The Balaban J connectivity index is 2.47. The average Bonchev–Trinajstić information content (AvgIpc) is 2.60. The predicted octanol–water partition coefficient (Wildman–Crippen LogP) is 0.244. The van der Waals surface area contributed by atoms with Crippen molar-refractivity contribution in [3.63, 3.8) is 0 Å². The van der Waals surface area contributed by atoms with E-state index in [1.165, 1.54) is 7.11 Å². The van der Waals surface area contributed by atoms with Gasteiger partial charge in [0.1, 0.15) is 5.82 Å². The predicted molar refractivity (Wildman–Crippen MR) is 51.6 cm³/mol. The highest BCUT2D eigenvalue weighted by Gasteiger charge is 2.10. The van der Waals surface area contributed by atoms with Crippen LogP contribution < -0.4 is 5.32 Å². The van der Waals surface area contributed by atoms with Gasteiger partial charge in [-0.1, -0.05) is 0 Å². The van der Waals surface area contributed by atoms with E-state index in [1.807, 2.05) is 24.7 Å². The van der Waals surface area contributed by atoms with E-state index in [1.54, 1.807) is 6.20 Å². The van der Waals surface area contributed by atoms with Crippen LogP contribution in [0, 0.1) is 0 Å². The molecule has 0 aliphatic carbocycles. The monoisotopic (exact) mass is 197 g/mol. The molecule has 0 spiro atoms. The fourth-order valence-corrected chi connectivity index (χ4v) is 1.19. The van der Waals surface area contributed by atoms with Gasteiger partial charge < -0.3 is 9.30 Å². The zero-order valence-corrected chi connectivity index (χ0v) is 8.65. The molecule has 5 nitrogen and oxygen atoms in total. The van der Waals surface area contributed by atoms with E-state index in [0.29, 0.717) is 0 Å². The van der Waals surface area contributed by atoms with E-state index >= 15 is 0 Å². The maximum absolute atomic E-state index is 10.9. The molecule has 1 N–H and O–H groups in total. The van der Waals surface area contributed by atoms with Crippen LogP contribution in [0.1, 0.15) is 18.8 Å². The van der Waals surface area contributed by atoms with Gasteiger partial charge in [0, 0.05) is 19.4 Å². The largest absolute Gasteiger partial charge is 0.468 e. The van der Waals surface area contributed by atoms with Gasteiger partial charge in [0.25, 0.3) is 0 Å². The van der Waals surface area contributed by atoms with Crippen LogP contribution in [0.4, 0.5) is 0 Å². The number of nitrogens with zero attached hydrogens (tertiary/aromatic N) is 2. The minimum absolute atomic E-state index is 0.0362. The Kier molecular flexibility index (Phi) is 3.64.